The zero-order valence-electron chi connectivity index (χ0n) is 23.3. The van der Waals surface area contributed by atoms with Crippen molar-refractivity contribution in [3.05, 3.63) is 89.8 Å². The molecule has 3 N–H and O–H groups in total. The molecule has 0 unspecified atom stereocenters. The lowest BCUT2D eigenvalue weighted by Gasteiger charge is -2.36. The topological polar surface area (TPSA) is 154 Å². The fourth-order valence-electron chi connectivity index (χ4n) is 5.54. The molecule has 0 saturated heterocycles. The van der Waals surface area contributed by atoms with Crippen molar-refractivity contribution in [3.8, 4) is 11.5 Å². The number of benzene rings is 2. The van der Waals surface area contributed by atoms with Crippen LogP contribution in [0.1, 0.15) is 38.8 Å². The van der Waals surface area contributed by atoms with Crippen LogP contribution in [0.15, 0.2) is 68.5 Å². The summed E-state index contributed by atoms with van der Waals surface area (Å²) in [6, 6.07) is 2.99. The molecule has 6 rings (SSSR count). The van der Waals surface area contributed by atoms with Crippen LogP contribution < -0.4 is 0 Å². The van der Waals surface area contributed by atoms with E-state index in [4.69, 9.17) is 46.4 Å². The Bertz CT molecular complexity index is 2040. The minimum absolute atomic E-state index is 0.00259. The van der Waals surface area contributed by atoms with E-state index in [1.165, 1.54) is 12.1 Å². The maximum Gasteiger partial charge on any atom is 0.298 e. The predicted octanol–water partition coefficient (Wildman–Crippen LogP) is 7.47. The molecule has 0 atom stereocenters. The highest BCUT2D eigenvalue weighted by Crippen LogP contribution is 2.53. The van der Waals surface area contributed by atoms with Gasteiger partial charge in [0.1, 0.15) is 4.91 Å². The van der Waals surface area contributed by atoms with Crippen molar-refractivity contribution in [2.75, 3.05) is 0 Å². The van der Waals surface area contributed by atoms with Gasteiger partial charge in [0.05, 0.1) is 42.9 Å². The molecule has 2 aromatic carbocycles. The van der Waals surface area contributed by atoms with Crippen molar-refractivity contribution in [3.63, 3.8) is 0 Å². The fourth-order valence-corrected chi connectivity index (χ4v) is 7.48. The van der Waals surface area contributed by atoms with E-state index in [2.05, 4.69) is 9.98 Å². The summed E-state index contributed by atoms with van der Waals surface area (Å²) in [4.78, 5) is 31.7. The number of hydrogen-bond acceptors (Lipinski definition) is 8. The van der Waals surface area contributed by atoms with E-state index in [0.29, 0.717) is 28.1 Å². The van der Waals surface area contributed by atoms with Crippen LogP contribution in [0.25, 0.3) is 0 Å². The number of ketones is 2. The number of rotatable bonds is 1. The van der Waals surface area contributed by atoms with Crippen LogP contribution in [0.5, 0.6) is 11.5 Å². The maximum atomic E-state index is 12.1. The zero-order valence-corrected chi connectivity index (χ0v) is 27.2. The van der Waals surface area contributed by atoms with Crippen molar-refractivity contribution in [1.29, 1.82) is 0 Å². The van der Waals surface area contributed by atoms with Gasteiger partial charge in [0.15, 0.2) is 23.1 Å². The van der Waals surface area contributed by atoms with Crippen LogP contribution in [0.3, 0.4) is 0 Å². The third-order valence-corrected chi connectivity index (χ3v) is 9.92. The summed E-state index contributed by atoms with van der Waals surface area (Å²) in [7, 11) is -4.67. The van der Waals surface area contributed by atoms with Crippen LogP contribution in [0.2, 0.25) is 20.1 Å². The molecule has 0 aromatic heterocycles. The average Bonchev–Trinajstić information content (AvgIpc) is 2.90. The van der Waals surface area contributed by atoms with Crippen LogP contribution in [-0.2, 0) is 30.5 Å². The van der Waals surface area contributed by atoms with Gasteiger partial charge in [0.2, 0.25) is 0 Å². The molecule has 2 aromatic rings. The number of nitrogens with zero attached hydrogens (tertiary/aromatic N) is 2. The Morgan fingerprint density at radius 3 is 1.64 bits per heavy atom. The van der Waals surface area contributed by atoms with E-state index >= 15 is 0 Å². The molecule has 2 aliphatic carbocycles. The summed E-state index contributed by atoms with van der Waals surface area (Å²) < 4.78 is 31.9. The second-order valence-electron chi connectivity index (χ2n) is 11.3. The monoisotopic (exact) mass is 694 g/mol. The number of allylic oxidation sites excluding steroid dienone is 8. The Kier molecular flexibility index (Phi) is 7.81. The number of phenolic OH excluding ortho intramolecular Hbond substituents is 2. The number of carbonyl (C=O) groups is 2. The molecule has 9 nitrogen and oxygen atoms in total. The Morgan fingerprint density at radius 2 is 1.16 bits per heavy atom. The first-order valence-corrected chi connectivity index (χ1v) is 15.7. The van der Waals surface area contributed by atoms with E-state index in [0.717, 1.165) is 23.4 Å². The van der Waals surface area contributed by atoms with Crippen LogP contribution in [0.4, 0.5) is 11.4 Å². The van der Waals surface area contributed by atoms with Crippen LogP contribution in [0, 0.1) is 0 Å². The van der Waals surface area contributed by atoms with E-state index in [-0.39, 0.29) is 43.1 Å². The van der Waals surface area contributed by atoms with Gasteiger partial charge in [-0.1, -0.05) is 74.1 Å². The summed E-state index contributed by atoms with van der Waals surface area (Å²) in [5.74, 6) is -1.38. The Balaban J connectivity index is 0.000000177. The molecule has 2 heterocycles. The molecule has 0 fully saturated rings. The molecule has 0 radical (unpaired) electrons. The zero-order chi connectivity index (χ0) is 32.7. The third kappa shape index (κ3) is 5.13. The molecule has 0 saturated carbocycles. The lowest BCUT2D eigenvalue weighted by atomic mass is 9.71. The van der Waals surface area contributed by atoms with Gasteiger partial charge in [0.25, 0.3) is 10.1 Å². The van der Waals surface area contributed by atoms with Gasteiger partial charge in [-0.05, 0) is 53.7 Å². The quantitative estimate of drug-likeness (QED) is 0.207. The number of hydrogen-bond donors (Lipinski definition) is 3. The van der Waals surface area contributed by atoms with E-state index in [1.807, 2.05) is 13.8 Å². The highest BCUT2D eigenvalue weighted by atomic mass is 35.5. The molecule has 228 valence electrons. The number of carbonyl (C=O) groups excluding carboxylic acids is 2. The van der Waals surface area contributed by atoms with Gasteiger partial charge in [-0.3, -0.25) is 14.1 Å². The summed E-state index contributed by atoms with van der Waals surface area (Å²) in [5, 5.41) is 20.3. The largest absolute Gasteiger partial charge is 0.505 e. The third-order valence-electron chi connectivity index (χ3n) is 7.73. The second-order valence-corrected chi connectivity index (χ2v) is 14.2. The molecule has 0 amide bonds. The lowest BCUT2D eigenvalue weighted by molar-refractivity contribution is -0.111. The van der Waals surface area contributed by atoms with Crippen molar-refractivity contribution < 1.29 is 32.8 Å². The number of phenols is 2. The number of aromatic hydroxyl groups is 2. The Labute approximate surface area is 272 Å². The first-order chi connectivity index (χ1) is 20.3. The summed E-state index contributed by atoms with van der Waals surface area (Å²) in [6.07, 6.45) is 6.85. The molecule has 14 heteroatoms. The van der Waals surface area contributed by atoms with E-state index < -0.39 is 31.6 Å². The molecule has 44 heavy (non-hydrogen) atoms. The standard InChI is InChI=1S/C15H11Cl2NO5S.C15H11Cl2NO2/c1-15(2)6-3-10(19)11(24(21,22)23)5-8(6)18-9-4-7(16)14(20)13(17)12(9)15;1-15(2)8-5-7(19)3-4-10(8)18-11-6-9(16)14(20)13(17)12(11)15/h3-5,20H,1-2H3,(H,21,22,23);3-6,20H,1-2H3. The second kappa shape index (κ2) is 10.7. The Morgan fingerprint density at radius 1 is 0.705 bits per heavy atom. The summed E-state index contributed by atoms with van der Waals surface area (Å²) >= 11 is 24.3. The minimum Gasteiger partial charge on any atom is -0.505 e. The minimum atomic E-state index is -4.67. The molecule has 0 spiro atoms. The van der Waals surface area contributed by atoms with E-state index in [9.17, 15) is 32.8 Å². The van der Waals surface area contributed by atoms with Crippen molar-refractivity contribution in [2.24, 2.45) is 9.98 Å². The summed E-state index contributed by atoms with van der Waals surface area (Å²) in [6.45, 7) is 7.40. The fraction of sp³-hybridized carbons (Fsp3) is 0.200. The van der Waals surface area contributed by atoms with Gasteiger partial charge in [-0.25, -0.2) is 9.98 Å². The van der Waals surface area contributed by atoms with Crippen LogP contribution in [-0.4, -0.2) is 46.2 Å². The van der Waals surface area contributed by atoms with Crippen molar-refractivity contribution >= 4 is 90.9 Å². The van der Waals surface area contributed by atoms with E-state index in [1.54, 1.807) is 32.1 Å². The highest BCUT2D eigenvalue weighted by Gasteiger charge is 2.42. The molecule has 0 bridgehead atoms. The molecular weight excluding hydrogens is 674 g/mol. The molecule has 4 aliphatic rings. The SMILES string of the molecule is CC1(C)C2=CC(=O)C(S(=O)(=O)O)=CC2=Nc2cc(Cl)c(O)c(Cl)c21.CC1(C)C2=CC(=O)C=CC2=Nc2cc(Cl)c(O)c(Cl)c21. The maximum absolute atomic E-state index is 12.1. The normalized spacial score (nSPS) is 19.1. The molecule has 2 aliphatic heterocycles. The molecular formula is C30H22Cl4N2O7S. The van der Waals surface area contributed by atoms with Crippen molar-refractivity contribution in [2.45, 2.75) is 38.5 Å². The van der Waals surface area contributed by atoms with Gasteiger partial charge in [-0.2, -0.15) is 8.42 Å². The van der Waals surface area contributed by atoms with Crippen LogP contribution >= 0.6 is 46.4 Å². The van der Waals surface area contributed by atoms with Gasteiger partial charge in [-0.15, -0.1) is 0 Å². The first kappa shape index (κ1) is 32.2. The van der Waals surface area contributed by atoms with Gasteiger partial charge in [0, 0.05) is 22.0 Å². The number of fused-ring (bicyclic) bond motifs is 4. The van der Waals surface area contributed by atoms with Gasteiger partial charge >= 0.3 is 0 Å². The number of aliphatic imine (C=N–C) groups is 2. The van der Waals surface area contributed by atoms with Gasteiger partial charge < -0.3 is 10.2 Å². The first-order valence-electron chi connectivity index (χ1n) is 12.8. The predicted molar refractivity (Wildman–Crippen MR) is 171 cm³/mol. The summed E-state index contributed by atoms with van der Waals surface area (Å²) in [5.41, 5.74) is 2.88. The lowest BCUT2D eigenvalue weighted by Crippen LogP contribution is -2.33. The number of halogens is 4. The average molecular weight is 696 g/mol. The Hall–Kier alpha value is -3.25. The smallest absolute Gasteiger partial charge is 0.298 e. The highest BCUT2D eigenvalue weighted by molar-refractivity contribution is 7.91. The van der Waals surface area contributed by atoms with Crippen molar-refractivity contribution in [1.82, 2.24) is 0 Å².